The zero-order chi connectivity index (χ0) is 15.4. The summed E-state index contributed by atoms with van der Waals surface area (Å²) in [4.78, 5) is 14.6. The van der Waals surface area contributed by atoms with E-state index in [1.165, 1.54) is 11.8 Å². The van der Waals surface area contributed by atoms with Crippen LogP contribution in [0.15, 0.2) is 23.1 Å². The quantitative estimate of drug-likeness (QED) is 0.614. The molecular formula is C15H17NO3S2. The van der Waals surface area contributed by atoms with Crippen LogP contribution in [0.4, 0.5) is 0 Å². The molecule has 0 radical (unpaired) electrons. The Hall–Kier alpha value is -1.53. The molecular weight excluding hydrogens is 306 g/mol. The zero-order valence-electron chi connectivity index (χ0n) is 12.2. The number of amides is 1. The first kappa shape index (κ1) is 15.9. The molecule has 1 aliphatic heterocycles. The smallest absolute Gasteiger partial charge is 0.266 e. The molecule has 0 aliphatic carbocycles. The summed E-state index contributed by atoms with van der Waals surface area (Å²) in [7, 11) is 3.18. The summed E-state index contributed by atoms with van der Waals surface area (Å²) in [5.41, 5.74) is 0.879. The number of thioether (sulfide) groups is 1. The fraction of sp³-hybridized carbons (Fsp3) is 0.333. The molecule has 1 fully saturated rings. The van der Waals surface area contributed by atoms with E-state index >= 15 is 0 Å². The Morgan fingerprint density at radius 1 is 1.29 bits per heavy atom. The third-order valence-corrected chi connectivity index (χ3v) is 4.40. The van der Waals surface area contributed by atoms with Gasteiger partial charge in [0, 0.05) is 6.54 Å². The first-order chi connectivity index (χ1) is 10.1. The van der Waals surface area contributed by atoms with Crippen LogP contribution in [-0.4, -0.2) is 35.9 Å². The number of benzene rings is 1. The normalized spacial score (nSPS) is 16.7. The van der Waals surface area contributed by atoms with E-state index in [2.05, 4.69) is 0 Å². The summed E-state index contributed by atoms with van der Waals surface area (Å²) in [6.45, 7) is 2.69. The van der Waals surface area contributed by atoms with Gasteiger partial charge in [-0.05, 0) is 30.2 Å². The molecule has 21 heavy (non-hydrogen) atoms. The lowest BCUT2D eigenvalue weighted by Crippen LogP contribution is -2.28. The van der Waals surface area contributed by atoms with Gasteiger partial charge in [-0.3, -0.25) is 9.69 Å². The number of carbonyl (C=O) groups excluding carboxylic acids is 1. The van der Waals surface area contributed by atoms with Gasteiger partial charge in [0.05, 0.1) is 19.1 Å². The topological polar surface area (TPSA) is 38.8 Å². The molecule has 0 spiro atoms. The molecule has 2 rings (SSSR count). The van der Waals surface area contributed by atoms with E-state index in [0.29, 0.717) is 27.3 Å². The van der Waals surface area contributed by atoms with Gasteiger partial charge in [-0.25, -0.2) is 0 Å². The van der Waals surface area contributed by atoms with Crippen LogP contribution in [0.5, 0.6) is 11.5 Å². The summed E-state index contributed by atoms with van der Waals surface area (Å²) in [5, 5.41) is 0. The molecule has 1 aromatic rings. The number of carbonyl (C=O) groups is 1. The third-order valence-electron chi connectivity index (χ3n) is 3.03. The van der Waals surface area contributed by atoms with Crippen LogP contribution in [0, 0.1) is 0 Å². The van der Waals surface area contributed by atoms with E-state index in [1.54, 1.807) is 19.1 Å². The Morgan fingerprint density at radius 3 is 2.62 bits per heavy atom. The molecule has 4 nitrogen and oxygen atoms in total. The lowest BCUT2D eigenvalue weighted by molar-refractivity contribution is -0.122. The van der Waals surface area contributed by atoms with Crippen LogP contribution in [0.25, 0.3) is 6.08 Å². The Balaban J connectivity index is 2.28. The summed E-state index contributed by atoms with van der Waals surface area (Å²) in [6, 6.07) is 5.54. The highest BCUT2D eigenvalue weighted by Crippen LogP contribution is 2.34. The van der Waals surface area contributed by atoms with Gasteiger partial charge in [-0.1, -0.05) is 37.0 Å². The van der Waals surface area contributed by atoms with Crippen LogP contribution in [0.1, 0.15) is 18.9 Å². The first-order valence-electron chi connectivity index (χ1n) is 6.58. The summed E-state index contributed by atoms with van der Waals surface area (Å²) < 4.78 is 11.1. The predicted octanol–water partition coefficient (Wildman–Crippen LogP) is 3.32. The van der Waals surface area contributed by atoms with Crippen molar-refractivity contribution in [2.45, 2.75) is 13.3 Å². The van der Waals surface area contributed by atoms with Crippen LogP contribution in [-0.2, 0) is 4.79 Å². The molecule has 6 heteroatoms. The lowest BCUT2D eigenvalue weighted by atomic mass is 10.2. The molecule has 1 heterocycles. The fourth-order valence-electron chi connectivity index (χ4n) is 2.01. The number of nitrogens with zero attached hydrogens (tertiary/aromatic N) is 1. The van der Waals surface area contributed by atoms with Gasteiger partial charge in [-0.2, -0.15) is 0 Å². The fourth-order valence-corrected chi connectivity index (χ4v) is 3.32. The molecule has 1 aliphatic rings. The number of ether oxygens (including phenoxy) is 2. The van der Waals surface area contributed by atoms with Gasteiger partial charge in [0.1, 0.15) is 4.32 Å². The van der Waals surface area contributed by atoms with E-state index in [4.69, 9.17) is 21.7 Å². The maximum Gasteiger partial charge on any atom is 0.266 e. The lowest BCUT2D eigenvalue weighted by Gasteiger charge is -2.12. The Labute approximate surface area is 134 Å². The zero-order valence-corrected chi connectivity index (χ0v) is 13.8. The van der Waals surface area contributed by atoms with E-state index in [1.807, 2.05) is 31.2 Å². The minimum Gasteiger partial charge on any atom is -0.493 e. The van der Waals surface area contributed by atoms with Gasteiger partial charge in [0.2, 0.25) is 0 Å². The second-order valence-electron chi connectivity index (χ2n) is 4.45. The molecule has 0 atom stereocenters. The SMILES string of the molecule is CCCN1C(=O)C(=Cc2ccc(OC)c(OC)c2)SC1=S. The standard InChI is InChI=1S/C15H17NO3S2/c1-4-7-16-14(17)13(21-15(16)20)9-10-5-6-11(18-2)12(8-10)19-3/h5-6,8-9H,4,7H2,1-3H3. The molecule has 1 amide bonds. The Morgan fingerprint density at radius 2 is 2.00 bits per heavy atom. The monoisotopic (exact) mass is 323 g/mol. The number of methoxy groups -OCH3 is 2. The van der Waals surface area contributed by atoms with Crippen LogP contribution < -0.4 is 9.47 Å². The highest BCUT2D eigenvalue weighted by Gasteiger charge is 2.31. The van der Waals surface area contributed by atoms with Crippen molar-refractivity contribution in [3.05, 3.63) is 28.7 Å². The van der Waals surface area contributed by atoms with Crippen molar-refractivity contribution in [3.63, 3.8) is 0 Å². The second kappa shape index (κ2) is 6.95. The van der Waals surface area contributed by atoms with Crippen molar-refractivity contribution in [3.8, 4) is 11.5 Å². The van der Waals surface area contributed by atoms with Crippen LogP contribution >= 0.6 is 24.0 Å². The minimum atomic E-state index is -0.0263. The number of hydrogen-bond donors (Lipinski definition) is 0. The van der Waals surface area contributed by atoms with E-state index in [-0.39, 0.29) is 5.91 Å². The van der Waals surface area contributed by atoms with E-state index in [9.17, 15) is 4.79 Å². The summed E-state index contributed by atoms with van der Waals surface area (Å²) in [5.74, 6) is 1.27. The van der Waals surface area contributed by atoms with Crippen molar-refractivity contribution in [2.24, 2.45) is 0 Å². The predicted molar refractivity (Wildman–Crippen MR) is 89.7 cm³/mol. The average Bonchev–Trinajstić information content (AvgIpc) is 2.75. The molecule has 0 saturated carbocycles. The highest BCUT2D eigenvalue weighted by molar-refractivity contribution is 8.26. The first-order valence-corrected chi connectivity index (χ1v) is 7.80. The second-order valence-corrected chi connectivity index (χ2v) is 6.12. The molecule has 1 saturated heterocycles. The maximum atomic E-state index is 12.3. The molecule has 0 aromatic heterocycles. The van der Waals surface area contributed by atoms with Gasteiger partial charge in [0.15, 0.2) is 11.5 Å². The highest BCUT2D eigenvalue weighted by atomic mass is 32.2. The van der Waals surface area contributed by atoms with Gasteiger partial charge < -0.3 is 9.47 Å². The molecule has 0 bridgehead atoms. The average molecular weight is 323 g/mol. The Kier molecular flexibility index (Phi) is 5.25. The number of thiocarbonyl (C=S) groups is 1. The minimum absolute atomic E-state index is 0.0263. The van der Waals surface area contributed by atoms with Crippen LogP contribution in [0.3, 0.4) is 0 Å². The van der Waals surface area contributed by atoms with Gasteiger partial charge >= 0.3 is 0 Å². The van der Waals surface area contributed by atoms with Crippen LogP contribution in [0.2, 0.25) is 0 Å². The van der Waals surface area contributed by atoms with Gasteiger partial charge in [-0.15, -0.1) is 0 Å². The van der Waals surface area contributed by atoms with Crippen molar-refractivity contribution < 1.29 is 14.3 Å². The Bertz CT molecular complexity index is 599. The molecule has 1 aromatic carbocycles. The van der Waals surface area contributed by atoms with Crippen molar-refractivity contribution in [1.82, 2.24) is 4.90 Å². The third kappa shape index (κ3) is 3.39. The van der Waals surface area contributed by atoms with Crippen molar-refractivity contribution in [2.75, 3.05) is 20.8 Å². The van der Waals surface area contributed by atoms with Gasteiger partial charge in [0.25, 0.3) is 5.91 Å². The largest absolute Gasteiger partial charge is 0.493 e. The molecule has 0 N–H and O–H groups in total. The van der Waals surface area contributed by atoms with Crippen molar-refractivity contribution >= 4 is 40.3 Å². The number of hydrogen-bond acceptors (Lipinski definition) is 5. The van der Waals surface area contributed by atoms with E-state index in [0.717, 1.165) is 12.0 Å². The number of rotatable bonds is 5. The molecule has 112 valence electrons. The maximum absolute atomic E-state index is 12.3. The summed E-state index contributed by atoms with van der Waals surface area (Å²) in [6.07, 6.45) is 2.72. The van der Waals surface area contributed by atoms with E-state index < -0.39 is 0 Å². The van der Waals surface area contributed by atoms with Crippen molar-refractivity contribution in [1.29, 1.82) is 0 Å². The summed E-state index contributed by atoms with van der Waals surface area (Å²) >= 11 is 6.58. The molecule has 0 unspecified atom stereocenters.